The third kappa shape index (κ3) is 3.69. The lowest BCUT2D eigenvalue weighted by Crippen LogP contribution is -2.32. The molecule has 1 amide bonds. The van der Waals surface area contributed by atoms with Crippen LogP contribution in [-0.2, 0) is 13.1 Å². The van der Waals surface area contributed by atoms with Gasteiger partial charge in [-0.1, -0.05) is 54.6 Å². The monoisotopic (exact) mass is 409 g/mol. The Labute approximate surface area is 177 Å². The van der Waals surface area contributed by atoms with Gasteiger partial charge in [-0.2, -0.15) is 5.10 Å². The second-order valence-corrected chi connectivity index (χ2v) is 7.32. The van der Waals surface area contributed by atoms with E-state index >= 15 is 0 Å². The second-order valence-electron chi connectivity index (χ2n) is 7.32. The normalized spacial score (nSPS) is 11.1. The zero-order chi connectivity index (χ0) is 21.2. The van der Waals surface area contributed by atoms with Gasteiger partial charge < -0.3 is 9.88 Å². The number of aromatic nitrogens is 4. The van der Waals surface area contributed by atoms with E-state index in [9.17, 15) is 9.59 Å². The number of hydrogen-bond acceptors (Lipinski definition) is 4. The Bertz CT molecular complexity index is 1440. The number of H-pyrrole nitrogens is 2. The van der Waals surface area contributed by atoms with Gasteiger partial charge in [0.1, 0.15) is 5.82 Å². The molecule has 2 aromatic heterocycles. The fourth-order valence-electron chi connectivity index (χ4n) is 3.71. The highest BCUT2D eigenvalue weighted by molar-refractivity contribution is 6.05. The quantitative estimate of drug-likeness (QED) is 0.463. The van der Waals surface area contributed by atoms with Gasteiger partial charge in [0.2, 0.25) is 0 Å². The number of benzene rings is 3. The summed E-state index contributed by atoms with van der Waals surface area (Å²) in [4.78, 5) is 35.2. The number of nitrogens with zero attached hydrogens (tertiary/aromatic N) is 3. The van der Waals surface area contributed by atoms with Crippen LogP contribution in [0.4, 0.5) is 0 Å². The molecule has 0 aliphatic carbocycles. The number of nitrogens with one attached hydrogen (secondary N) is 2. The molecule has 0 saturated heterocycles. The first-order valence-electron chi connectivity index (χ1n) is 9.92. The molecule has 31 heavy (non-hydrogen) atoms. The molecule has 0 saturated carbocycles. The summed E-state index contributed by atoms with van der Waals surface area (Å²) < 4.78 is 0. The number of amides is 1. The molecule has 152 valence electrons. The van der Waals surface area contributed by atoms with Gasteiger partial charge in [-0.15, -0.1) is 0 Å². The summed E-state index contributed by atoms with van der Waals surface area (Å²) >= 11 is 0. The van der Waals surface area contributed by atoms with Crippen LogP contribution in [0.3, 0.4) is 0 Å². The van der Waals surface area contributed by atoms with Gasteiger partial charge in [0.15, 0.2) is 0 Å². The first kappa shape index (κ1) is 18.7. The molecule has 7 nitrogen and oxygen atoms in total. The van der Waals surface area contributed by atoms with Crippen molar-refractivity contribution in [3.05, 3.63) is 106 Å². The third-order valence-corrected chi connectivity index (χ3v) is 5.21. The second kappa shape index (κ2) is 7.87. The van der Waals surface area contributed by atoms with Crippen molar-refractivity contribution in [2.75, 3.05) is 0 Å². The van der Waals surface area contributed by atoms with E-state index in [0.717, 1.165) is 10.9 Å². The Morgan fingerprint density at radius 3 is 2.58 bits per heavy atom. The molecule has 5 aromatic rings. The summed E-state index contributed by atoms with van der Waals surface area (Å²) in [5, 5.41) is 8.36. The number of hydrogen-bond donors (Lipinski definition) is 2. The maximum absolute atomic E-state index is 13.6. The Kier molecular flexibility index (Phi) is 4.76. The van der Waals surface area contributed by atoms with Gasteiger partial charge in [0.05, 0.1) is 34.7 Å². The predicted octanol–water partition coefficient (Wildman–Crippen LogP) is 3.64. The van der Waals surface area contributed by atoms with Crippen molar-refractivity contribution >= 4 is 27.7 Å². The largest absolute Gasteiger partial charge is 0.327 e. The number of fused-ring (bicyclic) bond motifs is 2. The fraction of sp³-hybridized carbons (Fsp3) is 0.0833. The lowest BCUT2D eigenvalue weighted by molar-refractivity contribution is 0.0727. The van der Waals surface area contributed by atoms with E-state index in [1.807, 2.05) is 48.5 Å². The number of rotatable bonds is 5. The molecule has 0 aliphatic heterocycles. The molecule has 7 heteroatoms. The zero-order valence-corrected chi connectivity index (χ0v) is 16.6. The van der Waals surface area contributed by atoms with Gasteiger partial charge in [-0.3, -0.25) is 14.7 Å². The topological polar surface area (TPSA) is 94.7 Å². The summed E-state index contributed by atoms with van der Waals surface area (Å²) in [6.45, 7) is 0.541. The van der Waals surface area contributed by atoms with Crippen molar-refractivity contribution in [2.24, 2.45) is 0 Å². The molecule has 3 aromatic carbocycles. The van der Waals surface area contributed by atoms with Crippen molar-refractivity contribution in [3.63, 3.8) is 0 Å². The molecule has 0 aliphatic rings. The predicted molar refractivity (Wildman–Crippen MR) is 118 cm³/mol. The number of carbonyl (C=O) groups excluding carboxylic acids is 1. The molecular formula is C24H19N5O2. The van der Waals surface area contributed by atoms with Crippen molar-refractivity contribution in [1.29, 1.82) is 0 Å². The average Bonchev–Trinajstić information content (AvgIpc) is 3.28. The van der Waals surface area contributed by atoms with Gasteiger partial charge in [-0.05, 0) is 23.8 Å². The number of aromatic amines is 2. The summed E-state index contributed by atoms with van der Waals surface area (Å²) in [5.41, 5.74) is 2.57. The first-order valence-corrected chi connectivity index (χ1v) is 9.92. The summed E-state index contributed by atoms with van der Waals surface area (Å²) in [6.07, 6.45) is 1.69. The smallest absolute Gasteiger partial charge is 0.258 e. The Balaban J connectivity index is 1.55. The molecule has 0 radical (unpaired) electrons. The number of carbonyl (C=O) groups is 1. The van der Waals surface area contributed by atoms with Crippen molar-refractivity contribution in [2.45, 2.75) is 13.1 Å². The van der Waals surface area contributed by atoms with Crippen LogP contribution in [0.15, 0.2) is 83.8 Å². The first-order chi connectivity index (χ1) is 15.2. The average molecular weight is 409 g/mol. The molecule has 2 N–H and O–H groups in total. The van der Waals surface area contributed by atoms with E-state index in [2.05, 4.69) is 20.2 Å². The highest BCUT2D eigenvalue weighted by Gasteiger charge is 2.21. The van der Waals surface area contributed by atoms with Crippen LogP contribution in [-0.4, -0.2) is 31.0 Å². The van der Waals surface area contributed by atoms with Crippen molar-refractivity contribution < 1.29 is 4.79 Å². The van der Waals surface area contributed by atoms with Crippen LogP contribution in [0, 0.1) is 0 Å². The summed E-state index contributed by atoms with van der Waals surface area (Å²) in [7, 11) is 0. The minimum Gasteiger partial charge on any atom is -0.327 e. The van der Waals surface area contributed by atoms with Crippen LogP contribution in [0.2, 0.25) is 0 Å². The van der Waals surface area contributed by atoms with Gasteiger partial charge in [0.25, 0.3) is 11.5 Å². The molecule has 0 spiro atoms. The summed E-state index contributed by atoms with van der Waals surface area (Å²) in [5.74, 6) is 0.263. The van der Waals surface area contributed by atoms with Crippen LogP contribution in [0.25, 0.3) is 21.8 Å². The SMILES string of the molecule is O=C(c1cccc2cn[nH]c12)N(Cc1ccccc1)Cc1nc2ccccc2c(=O)[nH]1. The van der Waals surface area contributed by atoms with E-state index in [-0.39, 0.29) is 18.0 Å². The Morgan fingerprint density at radius 1 is 0.903 bits per heavy atom. The highest BCUT2D eigenvalue weighted by atomic mass is 16.2. The molecule has 0 fully saturated rings. The standard InChI is InChI=1S/C24H19N5O2/c30-23-18-10-4-5-12-20(18)26-21(27-23)15-29(14-16-7-2-1-3-8-16)24(31)19-11-6-9-17-13-25-28-22(17)19/h1-13H,14-15H2,(H,25,28)(H,26,27,30). The van der Waals surface area contributed by atoms with Crippen molar-refractivity contribution in [1.82, 2.24) is 25.1 Å². The molecule has 0 unspecified atom stereocenters. The van der Waals surface area contributed by atoms with Crippen LogP contribution in [0.1, 0.15) is 21.7 Å². The molecule has 2 heterocycles. The molecule has 0 atom stereocenters. The summed E-state index contributed by atoms with van der Waals surface area (Å²) in [6, 6.07) is 22.4. The highest BCUT2D eigenvalue weighted by Crippen LogP contribution is 2.20. The van der Waals surface area contributed by atoms with Crippen LogP contribution < -0.4 is 5.56 Å². The molecule has 5 rings (SSSR count). The van der Waals surface area contributed by atoms with Gasteiger partial charge in [-0.25, -0.2) is 4.98 Å². The third-order valence-electron chi connectivity index (χ3n) is 5.21. The minimum atomic E-state index is -0.219. The maximum atomic E-state index is 13.6. The number of para-hydroxylation sites is 2. The van der Waals surface area contributed by atoms with E-state index in [1.54, 1.807) is 35.4 Å². The van der Waals surface area contributed by atoms with Gasteiger partial charge >= 0.3 is 0 Å². The lowest BCUT2D eigenvalue weighted by Gasteiger charge is -2.23. The van der Waals surface area contributed by atoms with Crippen LogP contribution >= 0.6 is 0 Å². The molecular weight excluding hydrogens is 390 g/mol. The lowest BCUT2D eigenvalue weighted by atomic mass is 10.1. The van der Waals surface area contributed by atoms with Crippen molar-refractivity contribution in [3.8, 4) is 0 Å². The van der Waals surface area contributed by atoms with Gasteiger partial charge in [0, 0.05) is 11.9 Å². The van der Waals surface area contributed by atoms with E-state index in [1.165, 1.54) is 0 Å². The van der Waals surface area contributed by atoms with E-state index < -0.39 is 0 Å². The maximum Gasteiger partial charge on any atom is 0.258 e. The minimum absolute atomic E-state index is 0.165. The fourth-order valence-corrected chi connectivity index (χ4v) is 3.71. The Hall–Kier alpha value is -4.26. The van der Waals surface area contributed by atoms with E-state index in [0.29, 0.717) is 34.4 Å². The Morgan fingerprint density at radius 2 is 1.71 bits per heavy atom. The van der Waals surface area contributed by atoms with Crippen LogP contribution in [0.5, 0.6) is 0 Å². The van der Waals surface area contributed by atoms with E-state index in [4.69, 9.17) is 0 Å². The zero-order valence-electron chi connectivity index (χ0n) is 16.6. The molecule has 0 bridgehead atoms.